The van der Waals surface area contributed by atoms with E-state index in [9.17, 15) is 0 Å². The fourth-order valence-electron chi connectivity index (χ4n) is 2.99. The third-order valence-electron chi connectivity index (χ3n) is 3.43. The quantitative estimate of drug-likeness (QED) is 0.386. The molecule has 0 spiro atoms. The molecule has 0 aromatic heterocycles. The first-order chi connectivity index (χ1) is 10.4. The van der Waals surface area contributed by atoms with Gasteiger partial charge in [-0.2, -0.15) is 0 Å². The van der Waals surface area contributed by atoms with Crippen LogP contribution in [0.1, 0.15) is 13.3 Å². The van der Waals surface area contributed by atoms with Crippen LogP contribution < -0.4 is 0 Å². The Kier molecular flexibility index (Phi) is 10.6. The summed E-state index contributed by atoms with van der Waals surface area (Å²) in [6, 6.07) is 0. The first-order valence-electron chi connectivity index (χ1n) is 9.13. The summed E-state index contributed by atoms with van der Waals surface area (Å²) < 4.78 is 26.6. The molecule has 0 aliphatic heterocycles. The van der Waals surface area contributed by atoms with Crippen LogP contribution >= 0.6 is 0 Å². The lowest BCUT2D eigenvalue weighted by atomic mass is 10.2. The van der Waals surface area contributed by atoms with Gasteiger partial charge in [0.2, 0.25) is 0 Å². The van der Waals surface area contributed by atoms with E-state index in [1.807, 2.05) is 0 Å². The van der Waals surface area contributed by atoms with E-state index < -0.39 is 56.2 Å². The molecule has 0 N–H and O–H groups in total. The summed E-state index contributed by atoms with van der Waals surface area (Å²) >= 11 is 0. The Morgan fingerprint density at radius 2 is 0.870 bits per heavy atom. The van der Waals surface area contributed by atoms with Gasteiger partial charge < -0.3 is 17.7 Å². The van der Waals surface area contributed by atoms with Gasteiger partial charge in [0.1, 0.15) is 8.80 Å². The highest BCUT2D eigenvalue weighted by Gasteiger charge is 2.58. The van der Waals surface area contributed by atoms with Gasteiger partial charge in [-0.25, -0.2) is 0 Å². The van der Waals surface area contributed by atoms with E-state index in [1.165, 1.54) is 0 Å². The zero-order chi connectivity index (χ0) is 18.4. The summed E-state index contributed by atoms with van der Waals surface area (Å²) in [4.78, 5) is 0. The maximum Gasteiger partial charge on any atom is 0.197 e. The van der Waals surface area contributed by atoms with Gasteiger partial charge >= 0.3 is 0 Å². The molecular formula is C14H40O4Si5. The normalized spacial score (nSPS) is 14.1. The van der Waals surface area contributed by atoms with E-state index in [-0.39, 0.29) is 0 Å². The van der Waals surface area contributed by atoms with Gasteiger partial charge in [-0.1, -0.05) is 20.0 Å². The van der Waals surface area contributed by atoms with E-state index in [0.29, 0.717) is 0 Å². The highest BCUT2D eigenvalue weighted by Crippen LogP contribution is 2.40. The van der Waals surface area contributed by atoms with Gasteiger partial charge in [0.25, 0.3) is 0 Å². The smallest absolute Gasteiger partial charge is 0.197 e. The molecule has 0 atom stereocenters. The van der Waals surface area contributed by atoms with Crippen molar-refractivity contribution in [3.8, 4) is 0 Å². The number of hydrogen-bond acceptors (Lipinski definition) is 4. The Labute approximate surface area is 152 Å². The largest absolute Gasteiger partial charge is 0.394 e. The summed E-state index contributed by atoms with van der Waals surface area (Å²) in [7, 11) is -6.63. The van der Waals surface area contributed by atoms with E-state index in [2.05, 4.69) is 72.4 Å². The molecule has 0 amide bonds. The molecule has 0 aliphatic rings. The minimum Gasteiger partial charge on any atom is -0.394 e. The molecule has 23 heavy (non-hydrogen) atoms. The van der Waals surface area contributed by atoms with E-state index in [1.54, 1.807) is 0 Å². The Morgan fingerprint density at radius 1 is 0.565 bits per heavy atom. The maximum absolute atomic E-state index is 6.68. The van der Waals surface area contributed by atoms with Crippen molar-refractivity contribution in [2.75, 3.05) is 0 Å². The molecule has 0 radical (unpaired) electrons. The van der Waals surface area contributed by atoms with Crippen molar-refractivity contribution in [2.45, 2.75) is 90.0 Å². The van der Waals surface area contributed by atoms with Gasteiger partial charge in [-0.15, -0.1) is 0 Å². The van der Waals surface area contributed by atoms with Crippen molar-refractivity contribution in [3.63, 3.8) is 0 Å². The summed E-state index contributed by atoms with van der Waals surface area (Å²) in [6.07, 6.45) is 0.788. The highest BCUT2D eigenvalue weighted by molar-refractivity contribution is 6.63. The van der Waals surface area contributed by atoms with Crippen LogP contribution in [0.2, 0.25) is 65.5 Å². The molecule has 0 rings (SSSR count). The van der Waals surface area contributed by atoms with Crippen LogP contribution in [0.5, 0.6) is 0 Å². The first kappa shape index (κ1) is 23.9. The minimum absolute atomic E-state index is 0.642. The molecule has 0 aromatic carbocycles. The Hall–Kier alpha value is 0.924. The van der Waals surface area contributed by atoms with Crippen LogP contribution in [0, 0.1) is 0 Å². The summed E-state index contributed by atoms with van der Waals surface area (Å²) in [6.45, 7) is 24.5. The zero-order valence-corrected chi connectivity index (χ0v) is 23.0. The lowest BCUT2D eigenvalue weighted by molar-refractivity contribution is -0.276. The molecule has 0 heterocycles. The number of rotatable bonds is 11. The van der Waals surface area contributed by atoms with E-state index in [4.69, 9.17) is 17.7 Å². The van der Waals surface area contributed by atoms with Gasteiger partial charge in [0, 0.05) is 6.42 Å². The van der Waals surface area contributed by atoms with Crippen LogP contribution in [0.3, 0.4) is 0 Å². The van der Waals surface area contributed by atoms with E-state index >= 15 is 0 Å². The maximum atomic E-state index is 6.68. The van der Waals surface area contributed by atoms with Crippen LogP contribution in [0.25, 0.3) is 0 Å². The lowest BCUT2D eigenvalue weighted by Gasteiger charge is -2.54. The molecule has 9 heteroatoms. The second-order valence-corrected chi connectivity index (χ2v) is 20.0. The Morgan fingerprint density at radius 3 is 1.04 bits per heavy atom. The van der Waals surface area contributed by atoms with Crippen molar-refractivity contribution in [1.29, 1.82) is 0 Å². The van der Waals surface area contributed by atoms with Gasteiger partial charge in [0.05, 0.1) is 0 Å². The Bertz CT molecular complexity index is 317. The second-order valence-electron chi connectivity index (χ2n) is 7.60. The van der Waals surface area contributed by atoms with Crippen molar-refractivity contribution in [2.24, 2.45) is 0 Å². The third kappa shape index (κ3) is 6.62. The van der Waals surface area contributed by atoms with Gasteiger partial charge in [-0.05, 0) is 52.4 Å². The summed E-state index contributed by atoms with van der Waals surface area (Å²) in [5, 5.41) is 0. The molecule has 0 unspecified atom stereocenters. The average molecular weight is 413 g/mol. The molecule has 0 bridgehead atoms. The zero-order valence-electron chi connectivity index (χ0n) is 17.2. The lowest BCUT2D eigenvalue weighted by Crippen LogP contribution is -2.70. The highest BCUT2D eigenvalue weighted by atomic mass is 28.3. The van der Waals surface area contributed by atoms with E-state index in [0.717, 1.165) is 6.42 Å². The third-order valence-corrected chi connectivity index (χ3v) is 9.55. The standard InChI is InChI=1S/C14H40O4Si5/c1-12-13(15-20(4)5,16-21(6)7)14(19(2)3,17-22(8)9)18-23(10)11/h19-23H,12H2,1-11H3. The van der Waals surface area contributed by atoms with Crippen LogP contribution in [0.4, 0.5) is 0 Å². The number of hydrogen-bond donors (Lipinski definition) is 0. The monoisotopic (exact) mass is 412 g/mol. The second kappa shape index (κ2) is 10.2. The summed E-state index contributed by atoms with van der Waals surface area (Å²) in [5.41, 5.74) is -0.642. The predicted octanol–water partition coefficient (Wildman–Crippen LogP) is 2.81. The molecule has 0 aromatic rings. The van der Waals surface area contributed by atoms with Crippen LogP contribution in [0.15, 0.2) is 0 Å². The van der Waals surface area contributed by atoms with Crippen molar-refractivity contribution in [1.82, 2.24) is 0 Å². The summed E-state index contributed by atoms with van der Waals surface area (Å²) in [5.74, 6) is -0.706. The molecule has 0 saturated carbocycles. The van der Waals surface area contributed by atoms with Gasteiger partial charge in [-0.3, -0.25) is 0 Å². The molecular weight excluding hydrogens is 373 g/mol. The SMILES string of the molecule is CCC(O[SiH](C)C)(O[SiH](C)C)C(O[SiH](C)C)(O[SiH](C)C)[SiH](C)C. The first-order valence-corrected chi connectivity index (χ1v) is 23.1. The molecule has 0 aliphatic carbocycles. The van der Waals surface area contributed by atoms with Crippen LogP contribution in [-0.2, 0) is 17.7 Å². The average Bonchev–Trinajstić information content (AvgIpc) is 2.33. The molecule has 0 saturated heterocycles. The predicted molar refractivity (Wildman–Crippen MR) is 114 cm³/mol. The van der Waals surface area contributed by atoms with Crippen LogP contribution in [-0.4, -0.2) is 56.2 Å². The van der Waals surface area contributed by atoms with Crippen molar-refractivity contribution >= 4 is 45.0 Å². The fourth-order valence-corrected chi connectivity index (χ4v) is 12.7. The Balaban J connectivity index is 6.22. The van der Waals surface area contributed by atoms with Crippen molar-refractivity contribution in [3.05, 3.63) is 0 Å². The van der Waals surface area contributed by atoms with Gasteiger partial charge in [0.15, 0.2) is 47.4 Å². The van der Waals surface area contributed by atoms with Crippen molar-refractivity contribution < 1.29 is 17.7 Å². The molecule has 140 valence electrons. The topological polar surface area (TPSA) is 36.9 Å². The molecule has 0 fully saturated rings. The minimum atomic E-state index is -1.37. The molecule has 4 nitrogen and oxygen atoms in total. The fraction of sp³-hybridized carbons (Fsp3) is 1.00.